The van der Waals surface area contributed by atoms with E-state index in [0.29, 0.717) is 34.0 Å². The Hall–Kier alpha value is -2.92. The summed E-state index contributed by atoms with van der Waals surface area (Å²) in [6.07, 6.45) is 3.74. The van der Waals surface area contributed by atoms with Crippen molar-refractivity contribution in [1.29, 1.82) is 0 Å². The number of halogens is 1. The molecule has 6 heteroatoms. The number of nitrogens with one attached hydrogen (secondary N) is 1. The van der Waals surface area contributed by atoms with Gasteiger partial charge in [0, 0.05) is 40.5 Å². The molecule has 0 amide bonds. The van der Waals surface area contributed by atoms with Crippen molar-refractivity contribution in [2.45, 2.75) is 38.7 Å². The molecule has 29 heavy (non-hydrogen) atoms. The van der Waals surface area contributed by atoms with Gasteiger partial charge in [-0.05, 0) is 49.6 Å². The largest absolute Gasteiger partial charge is 0.456 e. The Morgan fingerprint density at radius 2 is 2.00 bits per heavy atom. The summed E-state index contributed by atoms with van der Waals surface area (Å²) < 4.78 is 5.57. The zero-order valence-electron chi connectivity index (χ0n) is 16.1. The van der Waals surface area contributed by atoms with E-state index in [4.69, 9.17) is 16.3 Å². The average molecular weight is 409 g/mol. The van der Waals surface area contributed by atoms with Gasteiger partial charge in [-0.3, -0.25) is 9.78 Å². The summed E-state index contributed by atoms with van der Waals surface area (Å²) in [5, 5.41) is 3.89. The van der Waals surface area contributed by atoms with Crippen LogP contribution in [0.15, 0.2) is 71.2 Å². The molecule has 2 aliphatic rings. The molecule has 5 nitrogen and oxygen atoms in total. The van der Waals surface area contributed by atoms with Crippen molar-refractivity contribution in [1.82, 2.24) is 10.3 Å². The fourth-order valence-electron chi connectivity index (χ4n) is 3.94. The normalized spacial score (nSPS) is 19.0. The van der Waals surface area contributed by atoms with E-state index >= 15 is 0 Å². The van der Waals surface area contributed by atoms with Crippen molar-refractivity contribution in [3.05, 3.63) is 87.5 Å². The van der Waals surface area contributed by atoms with Crippen molar-refractivity contribution in [3.8, 4) is 0 Å². The van der Waals surface area contributed by atoms with Gasteiger partial charge in [-0.2, -0.15) is 0 Å². The van der Waals surface area contributed by atoms with Crippen molar-refractivity contribution < 1.29 is 14.3 Å². The summed E-state index contributed by atoms with van der Waals surface area (Å²) in [6, 6.07) is 12.7. The summed E-state index contributed by atoms with van der Waals surface area (Å²) in [4.78, 5) is 30.1. The first-order valence-corrected chi connectivity index (χ1v) is 9.99. The second kappa shape index (κ2) is 8.21. The van der Waals surface area contributed by atoms with Gasteiger partial charge < -0.3 is 10.1 Å². The highest BCUT2D eigenvalue weighted by molar-refractivity contribution is 6.30. The van der Waals surface area contributed by atoms with Gasteiger partial charge in [-0.1, -0.05) is 29.8 Å². The van der Waals surface area contributed by atoms with Crippen LogP contribution in [0.5, 0.6) is 0 Å². The van der Waals surface area contributed by atoms with E-state index in [2.05, 4.69) is 10.3 Å². The molecule has 148 valence electrons. The van der Waals surface area contributed by atoms with E-state index < -0.39 is 11.9 Å². The van der Waals surface area contributed by atoms with E-state index in [9.17, 15) is 9.59 Å². The molecule has 4 rings (SSSR count). The van der Waals surface area contributed by atoms with Crippen LogP contribution in [-0.4, -0.2) is 16.7 Å². The van der Waals surface area contributed by atoms with Gasteiger partial charge in [0.2, 0.25) is 0 Å². The monoisotopic (exact) mass is 408 g/mol. The lowest BCUT2D eigenvalue weighted by molar-refractivity contribution is -0.140. The van der Waals surface area contributed by atoms with Crippen molar-refractivity contribution in [2.24, 2.45) is 0 Å². The number of allylic oxidation sites excluding steroid dienone is 3. The minimum Gasteiger partial charge on any atom is -0.456 e. The maximum Gasteiger partial charge on any atom is 0.337 e. The number of rotatable bonds is 4. The summed E-state index contributed by atoms with van der Waals surface area (Å²) in [5.41, 5.74) is 4.25. The van der Waals surface area contributed by atoms with E-state index in [1.165, 1.54) is 0 Å². The van der Waals surface area contributed by atoms with E-state index in [1.807, 2.05) is 31.2 Å². The molecule has 0 saturated heterocycles. The highest BCUT2D eigenvalue weighted by Gasteiger charge is 2.39. The summed E-state index contributed by atoms with van der Waals surface area (Å²) in [6.45, 7) is 1.92. The van der Waals surface area contributed by atoms with Crippen LogP contribution in [0.1, 0.15) is 43.4 Å². The topological polar surface area (TPSA) is 68.3 Å². The molecule has 1 aromatic heterocycles. The molecule has 0 radical (unpaired) electrons. The number of carbonyl (C=O) groups excluding carboxylic acids is 2. The number of nitrogens with zero attached hydrogens (tertiary/aromatic N) is 1. The van der Waals surface area contributed by atoms with Gasteiger partial charge in [0.1, 0.15) is 6.61 Å². The van der Waals surface area contributed by atoms with Crippen molar-refractivity contribution >= 4 is 23.4 Å². The maximum atomic E-state index is 13.1. The lowest BCUT2D eigenvalue weighted by atomic mass is 9.75. The standard InChI is InChI=1S/C23H21ClN2O3/c1-14-20(23(28)29-13-17-5-2-3-12-25-17)21(15-8-10-16(24)11-9-15)22-18(26-14)6-4-7-19(22)27/h2-3,5,8-12,21,26H,4,6-7,13H2,1H3. The highest BCUT2D eigenvalue weighted by atomic mass is 35.5. The van der Waals surface area contributed by atoms with Crippen molar-refractivity contribution in [3.63, 3.8) is 0 Å². The molecule has 2 heterocycles. The third-order valence-corrected chi connectivity index (χ3v) is 5.53. The van der Waals surface area contributed by atoms with Crippen LogP contribution >= 0.6 is 11.6 Å². The van der Waals surface area contributed by atoms with Crippen LogP contribution in [0.25, 0.3) is 0 Å². The predicted octanol–water partition coefficient (Wildman–Crippen LogP) is 4.45. The minimum atomic E-state index is -0.465. The van der Waals surface area contributed by atoms with E-state index in [0.717, 1.165) is 24.1 Å². The van der Waals surface area contributed by atoms with E-state index in [-0.39, 0.29) is 12.4 Å². The Morgan fingerprint density at radius 1 is 1.21 bits per heavy atom. The first-order valence-electron chi connectivity index (χ1n) is 9.61. The van der Waals surface area contributed by atoms with Gasteiger partial charge in [0.05, 0.1) is 11.3 Å². The molecular weight excluding hydrogens is 388 g/mol. The lowest BCUT2D eigenvalue weighted by Crippen LogP contribution is -2.34. The number of aromatic nitrogens is 1. The van der Waals surface area contributed by atoms with Gasteiger partial charge in [-0.25, -0.2) is 4.79 Å². The smallest absolute Gasteiger partial charge is 0.337 e. The Balaban J connectivity index is 1.70. The zero-order valence-corrected chi connectivity index (χ0v) is 16.8. The number of esters is 1. The van der Waals surface area contributed by atoms with Gasteiger partial charge >= 0.3 is 5.97 Å². The molecule has 1 unspecified atom stereocenters. The SMILES string of the molecule is CC1=C(C(=O)OCc2ccccn2)C(c2ccc(Cl)cc2)C2=C(CCCC2=O)N1. The number of benzene rings is 1. The molecule has 2 aromatic rings. The number of ketones is 1. The number of ether oxygens (including phenoxy) is 1. The van der Waals surface area contributed by atoms with Gasteiger partial charge in [-0.15, -0.1) is 0 Å². The fraction of sp³-hybridized carbons (Fsp3) is 0.261. The lowest BCUT2D eigenvalue weighted by Gasteiger charge is -2.34. The number of pyridine rings is 1. The van der Waals surface area contributed by atoms with Crippen molar-refractivity contribution in [2.75, 3.05) is 0 Å². The van der Waals surface area contributed by atoms with Crippen LogP contribution in [0, 0.1) is 0 Å². The molecule has 0 saturated carbocycles. The Bertz CT molecular complexity index is 1010. The first kappa shape index (κ1) is 19.4. The number of dihydropyridines is 1. The fourth-order valence-corrected chi connectivity index (χ4v) is 4.07. The quantitative estimate of drug-likeness (QED) is 0.757. The predicted molar refractivity (Wildman–Crippen MR) is 110 cm³/mol. The van der Waals surface area contributed by atoms with Crippen LogP contribution in [0.2, 0.25) is 5.02 Å². The molecule has 1 aliphatic heterocycles. The minimum absolute atomic E-state index is 0.0706. The third kappa shape index (κ3) is 3.96. The van der Waals surface area contributed by atoms with Gasteiger partial charge in [0.25, 0.3) is 0 Å². The van der Waals surface area contributed by atoms with Crippen LogP contribution in [0.4, 0.5) is 0 Å². The van der Waals surface area contributed by atoms with Crippen LogP contribution in [0.3, 0.4) is 0 Å². The average Bonchev–Trinajstić information content (AvgIpc) is 2.72. The summed E-state index contributed by atoms with van der Waals surface area (Å²) in [5.74, 6) is -0.848. The first-order chi connectivity index (χ1) is 14.0. The Kier molecular flexibility index (Phi) is 5.49. The second-order valence-corrected chi connectivity index (χ2v) is 7.65. The third-order valence-electron chi connectivity index (χ3n) is 5.28. The molecule has 1 N–H and O–H groups in total. The molecule has 0 bridgehead atoms. The highest BCUT2D eigenvalue weighted by Crippen LogP contribution is 2.42. The number of carbonyl (C=O) groups is 2. The molecule has 1 aliphatic carbocycles. The Morgan fingerprint density at radius 3 is 2.72 bits per heavy atom. The Labute approximate surface area is 174 Å². The number of hydrogen-bond donors (Lipinski definition) is 1. The zero-order chi connectivity index (χ0) is 20.4. The molecular formula is C23H21ClN2O3. The number of Topliss-reactive ketones (excluding diaryl/α,β-unsaturated/α-hetero) is 1. The second-order valence-electron chi connectivity index (χ2n) is 7.21. The molecule has 1 atom stereocenters. The molecule has 0 fully saturated rings. The number of hydrogen-bond acceptors (Lipinski definition) is 5. The van der Waals surface area contributed by atoms with Crippen LogP contribution in [-0.2, 0) is 20.9 Å². The molecule has 0 spiro atoms. The summed E-state index contributed by atoms with van der Waals surface area (Å²) >= 11 is 6.06. The maximum absolute atomic E-state index is 13.1. The van der Waals surface area contributed by atoms with E-state index in [1.54, 1.807) is 24.4 Å². The summed E-state index contributed by atoms with van der Waals surface area (Å²) in [7, 11) is 0. The van der Waals surface area contributed by atoms with Gasteiger partial charge in [0.15, 0.2) is 5.78 Å². The van der Waals surface area contributed by atoms with Crippen LogP contribution < -0.4 is 5.32 Å². The molecule has 1 aromatic carbocycles.